The molecule has 2 aromatic heterocycles. The van der Waals surface area contributed by atoms with Crippen LogP contribution in [0.3, 0.4) is 0 Å². The van der Waals surface area contributed by atoms with Gasteiger partial charge in [-0.25, -0.2) is 17.9 Å². The Morgan fingerprint density at radius 2 is 2.28 bits per heavy atom. The predicted molar refractivity (Wildman–Crippen MR) is 61.8 cm³/mol. The fourth-order valence-electron chi connectivity index (χ4n) is 1.24. The molecule has 7 nitrogen and oxygen atoms in total. The lowest BCUT2D eigenvalue weighted by atomic mass is 10.5. The van der Waals surface area contributed by atoms with Gasteiger partial charge in [-0.1, -0.05) is 5.16 Å². The van der Waals surface area contributed by atoms with Crippen LogP contribution in [0.15, 0.2) is 33.1 Å². The van der Waals surface area contributed by atoms with E-state index in [1.807, 2.05) is 0 Å². The van der Waals surface area contributed by atoms with Crippen LogP contribution in [0.1, 0.15) is 15.4 Å². The quantitative estimate of drug-likeness (QED) is 0.846. The molecule has 0 amide bonds. The summed E-state index contributed by atoms with van der Waals surface area (Å²) in [6, 6.07) is 2.76. The van der Waals surface area contributed by atoms with Gasteiger partial charge in [0.2, 0.25) is 10.0 Å². The van der Waals surface area contributed by atoms with E-state index in [0.717, 1.165) is 11.3 Å². The first-order chi connectivity index (χ1) is 8.50. The highest BCUT2D eigenvalue weighted by Gasteiger charge is 2.23. The van der Waals surface area contributed by atoms with Gasteiger partial charge in [-0.2, -0.15) is 0 Å². The van der Waals surface area contributed by atoms with E-state index in [4.69, 9.17) is 9.63 Å². The molecule has 0 aliphatic carbocycles. The Bertz CT molecular complexity index is 644. The summed E-state index contributed by atoms with van der Waals surface area (Å²) in [5.74, 6) is -0.935. The number of nitrogens with one attached hydrogen (secondary N) is 1. The van der Waals surface area contributed by atoms with Gasteiger partial charge in [0.1, 0.15) is 9.77 Å². The average Bonchev–Trinajstić information content (AvgIpc) is 2.98. The summed E-state index contributed by atoms with van der Waals surface area (Å²) in [6.45, 7) is -0.0861. The molecule has 18 heavy (non-hydrogen) atoms. The van der Waals surface area contributed by atoms with Crippen LogP contribution in [0.25, 0.3) is 0 Å². The summed E-state index contributed by atoms with van der Waals surface area (Å²) in [5, 5.41) is 13.7. The number of carboxylic acid groups (broad SMARTS) is 1. The van der Waals surface area contributed by atoms with Crippen molar-refractivity contribution in [1.82, 2.24) is 9.88 Å². The van der Waals surface area contributed by atoms with Crippen molar-refractivity contribution in [1.29, 1.82) is 0 Å². The Balaban J connectivity index is 2.20. The number of rotatable bonds is 5. The maximum atomic E-state index is 11.9. The van der Waals surface area contributed by atoms with Gasteiger partial charge in [0.15, 0.2) is 5.76 Å². The number of sulfonamides is 1. The molecule has 0 aliphatic rings. The van der Waals surface area contributed by atoms with Gasteiger partial charge in [-0.3, -0.25) is 0 Å². The lowest BCUT2D eigenvalue weighted by Crippen LogP contribution is -2.24. The van der Waals surface area contributed by atoms with Crippen molar-refractivity contribution >= 4 is 27.3 Å². The molecule has 0 atom stereocenters. The maximum absolute atomic E-state index is 11.9. The first kappa shape index (κ1) is 12.7. The smallest absolute Gasteiger partial charge is 0.347 e. The van der Waals surface area contributed by atoms with Crippen LogP contribution in [0.2, 0.25) is 0 Å². The molecule has 9 heteroatoms. The zero-order valence-electron chi connectivity index (χ0n) is 8.86. The van der Waals surface area contributed by atoms with Gasteiger partial charge < -0.3 is 9.63 Å². The van der Waals surface area contributed by atoms with E-state index < -0.39 is 16.0 Å². The maximum Gasteiger partial charge on any atom is 0.347 e. The topological polar surface area (TPSA) is 110 Å². The first-order valence-electron chi connectivity index (χ1n) is 4.71. The number of carboxylic acids is 1. The highest BCUT2D eigenvalue weighted by atomic mass is 32.2. The third-order valence-corrected chi connectivity index (χ3v) is 4.52. The minimum Gasteiger partial charge on any atom is -0.477 e. The van der Waals surface area contributed by atoms with E-state index in [0.29, 0.717) is 5.76 Å². The molecule has 96 valence electrons. The van der Waals surface area contributed by atoms with E-state index in [1.165, 1.54) is 23.7 Å². The second kappa shape index (κ2) is 4.88. The zero-order valence-corrected chi connectivity index (χ0v) is 10.5. The largest absolute Gasteiger partial charge is 0.477 e. The summed E-state index contributed by atoms with van der Waals surface area (Å²) in [7, 11) is -3.88. The van der Waals surface area contributed by atoms with E-state index in [-0.39, 0.29) is 16.3 Å². The van der Waals surface area contributed by atoms with Gasteiger partial charge in [-0.15, -0.1) is 11.3 Å². The molecule has 2 rings (SSSR count). The summed E-state index contributed by atoms with van der Waals surface area (Å²) < 4.78 is 30.7. The normalized spacial score (nSPS) is 11.6. The summed E-state index contributed by atoms with van der Waals surface area (Å²) in [5.41, 5.74) is 0. The van der Waals surface area contributed by atoms with Crippen molar-refractivity contribution in [2.45, 2.75) is 11.4 Å². The summed E-state index contributed by atoms with van der Waals surface area (Å²) in [4.78, 5) is 10.4. The molecular formula is C9H8N2O5S2. The van der Waals surface area contributed by atoms with Crippen molar-refractivity contribution in [2.24, 2.45) is 0 Å². The standard InChI is InChI=1S/C9H8N2O5S2/c12-9(13)8-7(2-4-17-8)18(14,15)11-5-6-1-3-10-16-6/h1-4,11H,5H2,(H,12,13). The van der Waals surface area contributed by atoms with E-state index in [2.05, 4.69) is 9.88 Å². The average molecular weight is 288 g/mol. The molecule has 2 heterocycles. The monoisotopic (exact) mass is 288 g/mol. The molecule has 0 spiro atoms. The number of thiophene rings is 1. The third kappa shape index (κ3) is 2.58. The van der Waals surface area contributed by atoms with Crippen molar-refractivity contribution in [2.75, 3.05) is 0 Å². The van der Waals surface area contributed by atoms with Crippen LogP contribution >= 0.6 is 11.3 Å². The van der Waals surface area contributed by atoms with Gasteiger partial charge in [0.25, 0.3) is 0 Å². The highest BCUT2D eigenvalue weighted by Crippen LogP contribution is 2.21. The fourth-order valence-corrected chi connectivity index (χ4v) is 3.49. The predicted octanol–water partition coefficient (Wildman–Crippen LogP) is 0.913. The lowest BCUT2D eigenvalue weighted by Gasteiger charge is -2.03. The van der Waals surface area contributed by atoms with Crippen LogP contribution in [0.4, 0.5) is 0 Å². The zero-order chi connectivity index (χ0) is 13.2. The van der Waals surface area contributed by atoms with Gasteiger partial charge in [-0.05, 0) is 11.4 Å². The molecule has 0 saturated heterocycles. The highest BCUT2D eigenvalue weighted by molar-refractivity contribution is 7.89. The molecule has 0 unspecified atom stereocenters. The van der Waals surface area contributed by atoms with Gasteiger partial charge >= 0.3 is 5.97 Å². The van der Waals surface area contributed by atoms with Crippen LogP contribution in [0.5, 0.6) is 0 Å². The molecular weight excluding hydrogens is 280 g/mol. The molecule has 0 saturated carbocycles. The van der Waals surface area contributed by atoms with Crippen molar-refractivity contribution < 1.29 is 22.8 Å². The third-order valence-electron chi connectivity index (χ3n) is 2.04. The minimum absolute atomic E-state index is 0.0861. The molecule has 0 bridgehead atoms. The Hall–Kier alpha value is -1.71. The number of aromatic nitrogens is 1. The number of hydrogen-bond acceptors (Lipinski definition) is 6. The molecule has 2 N–H and O–H groups in total. The van der Waals surface area contributed by atoms with Crippen molar-refractivity contribution in [3.05, 3.63) is 34.3 Å². The Kier molecular flexibility index (Phi) is 3.45. The summed E-state index contributed by atoms with van der Waals surface area (Å²) in [6.07, 6.45) is 1.39. The number of aromatic carboxylic acids is 1. The van der Waals surface area contributed by atoms with E-state index >= 15 is 0 Å². The lowest BCUT2D eigenvalue weighted by molar-refractivity contribution is 0.0698. The fraction of sp³-hybridized carbons (Fsp3) is 0.111. The second-order valence-electron chi connectivity index (χ2n) is 3.22. The van der Waals surface area contributed by atoms with E-state index in [1.54, 1.807) is 0 Å². The van der Waals surface area contributed by atoms with Crippen LogP contribution < -0.4 is 4.72 Å². The Morgan fingerprint density at radius 1 is 1.50 bits per heavy atom. The first-order valence-corrected chi connectivity index (χ1v) is 7.07. The van der Waals surface area contributed by atoms with Crippen molar-refractivity contribution in [3.63, 3.8) is 0 Å². The number of carbonyl (C=O) groups is 1. The van der Waals surface area contributed by atoms with E-state index in [9.17, 15) is 13.2 Å². The Labute approximate surface area is 106 Å². The Morgan fingerprint density at radius 3 is 2.89 bits per heavy atom. The van der Waals surface area contributed by atoms with Gasteiger partial charge in [0, 0.05) is 6.07 Å². The van der Waals surface area contributed by atoms with Crippen molar-refractivity contribution in [3.8, 4) is 0 Å². The SMILES string of the molecule is O=C(O)c1sccc1S(=O)(=O)NCc1ccno1. The second-order valence-corrected chi connectivity index (χ2v) is 5.87. The minimum atomic E-state index is -3.88. The molecule has 0 radical (unpaired) electrons. The number of hydrogen-bond donors (Lipinski definition) is 2. The van der Waals surface area contributed by atoms with Crippen LogP contribution in [-0.4, -0.2) is 24.7 Å². The number of nitrogens with zero attached hydrogens (tertiary/aromatic N) is 1. The van der Waals surface area contributed by atoms with Crippen LogP contribution in [0, 0.1) is 0 Å². The summed E-state index contributed by atoms with van der Waals surface area (Å²) >= 11 is 0.853. The molecule has 0 aliphatic heterocycles. The van der Waals surface area contributed by atoms with Gasteiger partial charge in [0.05, 0.1) is 12.7 Å². The van der Waals surface area contributed by atoms with Crippen LogP contribution in [-0.2, 0) is 16.6 Å². The molecule has 2 aromatic rings. The molecule has 0 fully saturated rings. The molecule has 0 aromatic carbocycles.